The van der Waals surface area contributed by atoms with Crippen LogP contribution in [0.2, 0.25) is 0 Å². The van der Waals surface area contributed by atoms with Crippen LogP contribution in [0.5, 0.6) is 0 Å². The molecule has 2 aromatic rings. The van der Waals surface area contributed by atoms with Gasteiger partial charge in [0.2, 0.25) is 0 Å². The Morgan fingerprint density at radius 2 is 1.58 bits per heavy atom. The molecular formula is C18H20F3N3. The lowest BCUT2D eigenvalue weighted by Crippen LogP contribution is -2.46. The van der Waals surface area contributed by atoms with Crippen LogP contribution >= 0.6 is 0 Å². The maximum Gasteiger partial charge on any atom is 0.416 e. The Kier molecular flexibility index (Phi) is 4.66. The van der Waals surface area contributed by atoms with Crippen molar-refractivity contribution >= 4 is 11.4 Å². The number of alkyl halides is 3. The number of nitrogens with two attached hydrogens (primary N) is 1. The normalized spacial score (nSPS) is 16.4. The van der Waals surface area contributed by atoms with E-state index in [0.717, 1.165) is 44.9 Å². The lowest BCUT2D eigenvalue weighted by atomic mass is 10.1. The highest BCUT2D eigenvalue weighted by atomic mass is 19.4. The van der Waals surface area contributed by atoms with Crippen molar-refractivity contribution < 1.29 is 13.2 Å². The topological polar surface area (TPSA) is 32.5 Å². The highest BCUT2D eigenvalue weighted by Gasteiger charge is 2.31. The van der Waals surface area contributed by atoms with Crippen molar-refractivity contribution in [3.05, 3.63) is 59.7 Å². The summed E-state index contributed by atoms with van der Waals surface area (Å²) in [4.78, 5) is 4.39. The summed E-state index contributed by atoms with van der Waals surface area (Å²) in [5.41, 5.74) is 7.28. The summed E-state index contributed by atoms with van der Waals surface area (Å²) in [6, 6.07) is 13.8. The van der Waals surface area contributed by atoms with Crippen molar-refractivity contribution in [3.8, 4) is 0 Å². The fourth-order valence-electron chi connectivity index (χ4n) is 3.01. The lowest BCUT2D eigenvalue weighted by Gasteiger charge is -2.36. The summed E-state index contributed by atoms with van der Waals surface area (Å²) < 4.78 is 38.2. The van der Waals surface area contributed by atoms with Crippen LogP contribution in [0.1, 0.15) is 11.1 Å². The third kappa shape index (κ3) is 3.82. The molecule has 0 atom stereocenters. The zero-order chi connectivity index (χ0) is 17.2. The zero-order valence-electron chi connectivity index (χ0n) is 13.3. The Morgan fingerprint density at radius 1 is 0.917 bits per heavy atom. The molecule has 0 unspecified atom stereocenters. The number of hydrogen-bond acceptors (Lipinski definition) is 3. The van der Waals surface area contributed by atoms with Gasteiger partial charge in [-0.2, -0.15) is 13.2 Å². The van der Waals surface area contributed by atoms with Gasteiger partial charge in [0.05, 0.1) is 16.9 Å². The highest BCUT2D eigenvalue weighted by Crippen LogP contribution is 2.34. The number of benzene rings is 2. The second kappa shape index (κ2) is 6.73. The molecule has 1 saturated heterocycles. The van der Waals surface area contributed by atoms with Gasteiger partial charge in [-0.25, -0.2) is 0 Å². The first kappa shape index (κ1) is 16.6. The van der Waals surface area contributed by atoms with E-state index in [1.54, 1.807) is 0 Å². The van der Waals surface area contributed by atoms with Gasteiger partial charge in [-0.1, -0.05) is 30.3 Å². The quantitative estimate of drug-likeness (QED) is 0.870. The monoisotopic (exact) mass is 335 g/mol. The van der Waals surface area contributed by atoms with Gasteiger partial charge in [-0.3, -0.25) is 4.90 Å². The van der Waals surface area contributed by atoms with Crippen LogP contribution in [0, 0.1) is 0 Å². The highest BCUT2D eigenvalue weighted by molar-refractivity contribution is 5.69. The molecule has 24 heavy (non-hydrogen) atoms. The molecular weight excluding hydrogens is 315 g/mol. The Labute approximate surface area is 139 Å². The first-order chi connectivity index (χ1) is 11.4. The molecule has 2 N–H and O–H groups in total. The summed E-state index contributed by atoms with van der Waals surface area (Å²) in [7, 11) is 0. The minimum atomic E-state index is -4.36. The lowest BCUT2D eigenvalue weighted by molar-refractivity contribution is -0.137. The molecule has 0 radical (unpaired) electrons. The maximum absolute atomic E-state index is 12.7. The van der Waals surface area contributed by atoms with Crippen molar-refractivity contribution in [2.24, 2.45) is 0 Å². The van der Waals surface area contributed by atoms with Gasteiger partial charge in [0.1, 0.15) is 0 Å². The van der Waals surface area contributed by atoms with Crippen LogP contribution in [0.25, 0.3) is 0 Å². The predicted octanol–water partition coefficient (Wildman–Crippen LogP) is 3.61. The molecule has 1 heterocycles. The number of nitrogen functional groups attached to an aromatic ring is 1. The van der Waals surface area contributed by atoms with Gasteiger partial charge < -0.3 is 10.6 Å². The fourth-order valence-corrected chi connectivity index (χ4v) is 3.01. The van der Waals surface area contributed by atoms with E-state index in [1.807, 2.05) is 18.2 Å². The Hall–Kier alpha value is -2.21. The number of halogens is 3. The van der Waals surface area contributed by atoms with Crippen molar-refractivity contribution in [3.63, 3.8) is 0 Å². The third-order valence-corrected chi connectivity index (χ3v) is 4.32. The first-order valence-electron chi connectivity index (χ1n) is 7.91. The summed E-state index contributed by atoms with van der Waals surface area (Å²) >= 11 is 0. The Bertz CT molecular complexity index is 678. The largest absolute Gasteiger partial charge is 0.416 e. The van der Waals surface area contributed by atoms with Crippen LogP contribution in [-0.4, -0.2) is 31.1 Å². The van der Waals surface area contributed by atoms with E-state index in [1.165, 1.54) is 11.6 Å². The summed E-state index contributed by atoms with van der Waals surface area (Å²) in [5, 5.41) is 0. The number of rotatable bonds is 3. The van der Waals surface area contributed by atoms with Gasteiger partial charge in [0.25, 0.3) is 0 Å². The summed E-state index contributed by atoms with van der Waals surface area (Å²) in [5.74, 6) is 0. The van der Waals surface area contributed by atoms with Gasteiger partial charge in [-0.05, 0) is 23.8 Å². The van der Waals surface area contributed by atoms with Crippen molar-refractivity contribution in [2.45, 2.75) is 12.7 Å². The molecule has 1 aliphatic rings. The number of hydrogen-bond donors (Lipinski definition) is 1. The third-order valence-electron chi connectivity index (χ3n) is 4.32. The van der Waals surface area contributed by atoms with Crippen LogP contribution in [0.15, 0.2) is 48.5 Å². The average molecular weight is 335 g/mol. The number of piperazine rings is 1. The summed E-state index contributed by atoms with van der Waals surface area (Å²) in [6.45, 7) is 4.10. The maximum atomic E-state index is 12.7. The standard InChI is InChI=1S/C18H20F3N3/c19-18(20,21)15-6-7-17(16(22)12-15)24-10-8-23(9-11-24)13-14-4-2-1-3-5-14/h1-7,12H,8-11,13,22H2. The van der Waals surface area contributed by atoms with E-state index in [-0.39, 0.29) is 5.69 Å². The molecule has 0 aliphatic carbocycles. The van der Waals surface area contributed by atoms with Crippen LogP contribution in [0.3, 0.4) is 0 Å². The molecule has 3 rings (SSSR count). The number of nitrogens with zero attached hydrogens (tertiary/aromatic N) is 2. The van der Waals surface area contributed by atoms with E-state index >= 15 is 0 Å². The molecule has 0 bridgehead atoms. The van der Waals surface area contributed by atoms with Gasteiger partial charge in [0, 0.05) is 32.7 Å². The fraction of sp³-hybridized carbons (Fsp3) is 0.333. The molecule has 0 saturated carbocycles. The van der Waals surface area contributed by atoms with E-state index in [4.69, 9.17) is 5.73 Å². The molecule has 3 nitrogen and oxygen atoms in total. The van der Waals surface area contributed by atoms with Crippen LogP contribution in [-0.2, 0) is 12.7 Å². The first-order valence-corrected chi connectivity index (χ1v) is 7.91. The molecule has 1 fully saturated rings. The minimum Gasteiger partial charge on any atom is -0.397 e. The molecule has 128 valence electrons. The molecule has 2 aromatic carbocycles. The van der Waals surface area contributed by atoms with Crippen LogP contribution in [0.4, 0.5) is 24.5 Å². The summed E-state index contributed by atoms with van der Waals surface area (Å²) in [6.07, 6.45) is -4.36. The van der Waals surface area contributed by atoms with Gasteiger partial charge in [0.15, 0.2) is 0 Å². The molecule has 6 heteroatoms. The predicted molar refractivity (Wildman–Crippen MR) is 89.8 cm³/mol. The smallest absolute Gasteiger partial charge is 0.397 e. The minimum absolute atomic E-state index is 0.182. The SMILES string of the molecule is Nc1cc(C(F)(F)F)ccc1N1CCN(Cc2ccccc2)CC1. The van der Waals surface area contributed by atoms with Crippen molar-refractivity contribution in [1.82, 2.24) is 4.90 Å². The average Bonchev–Trinajstić information content (AvgIpc) is 2.56. The van der Waals surface area contributed by atoms with Gasteiger partial charge in [-0.15, -0.1) is 0 Å². The zero-order valence-corrected chi connectivity index (χ0v) is 13.3. The molecule has 1 aliphatic heterocycles. The number of anilines is 2. The molecule has 0 spiro atoms. The van der Waals surface area contributed by atoms with E-state index in [0.29, 0.717) is 5.69 Å². The van der Waals surface area contributed by atoms with Crippen LogP contribution < -0.4 is 10.6 Å². The van der Waals surface area contributed by atoms with E-state index in [9.17, 15) is 13.2 Å². The molecule has 0 aromatic heterocycles. The second-order valence-corrected chi connectivity index (χ2v) is 6.02. The van der Waals surface area contributed by atoms with E-state index in [2.05, 4.69) is 21.9 Å². The Morgan fingerprint density at radius 3 is 2.17 bits per heavy atom. The Balaban J connectivity index is 1.62. The second-order valence-electron chi connectivity index (χ2n) is 6.02. The van der Waals surface area contributed by atoms with E-state index < -0.39 is 11.7 Å². The van der Waals surface area contributed by atoms with Gasteiger partial charge >= 0.3 is 6.18 Å². The van der Waals surface area contributed by atoms with Crippen molar-refractivity contribution in [1.29, 1.82) is 0 Å². The molecule has 0 amide bonds. The van der Waals surface area contributed by atoms with Crippen molar-refractivity contribution in [2.75, 3.05) is 36.8 Å².